The number of hydrogen-bond acceptors (Lipinski definition) is 3. The van der Waals surface area contributed by atoms with E-state index >= 15 is 0 Å². The first-order chi connectivity index (χ1) is 7.30. The maximum atomic E-state index is 11.7. The second-order valence-electron chi connectivity index (χ2n) is 4.91. The van der Waals surface area contributed by atoms with Crippen LogP contribution < -0.4 is 5.56 Å². The number of nitrogens with zero attached hydrogens (tertiary/aromatic N) is 3. The molecule has 0 fully saturated rings. The molecule has 1 N–H and O–H groups in total. The molecule has 0 aliphatic rings. The number of aromatic nitrogens is 2. The molecule has 1 aromatic heterocycles. The molecule has 0 spiro atoms. The van der Waals surface area contributed by atoms with Crippen LogP contribution in [0.1, 0.15) is 26.3 Å². The number of nitrogens with one attached hydrogen (secondary N) is 1. The summed E-state index contributed by atoms with van der Waals surface area (Å²) in [5.41, 5.74) is 0.328. The molecule has 0 bridgehead atoms. The van der Waals surface area contributed by atoms with Crippen molar-refractivity contribution in [3.63, 3.8) is 0 Å². The zero-order valence-corrected chi connectivity index (χ0v) is 10.4. The first-order valence-corrected chi connectivity index (χ1v) is 5.11. The van der Waals surface area contributed by atoms with Crippen LogP contribution in [0.5, 0.6) is 0 Å². The molecule has 1 heterocycles. The maximum Gasteiger partial charge on any atom is 0.256 e. The zero-order valence-electron chi connectivity index (χ0n) is 10.4. The lowest BCUT2D eigenvalue weighted by atomic mass is 9.89. The van der Waals surface area contributed by atoms with E-state index in [1.54, 1.807) is 17.4 Å². The van der Waals surface area contributed by atoms with Crippen molar-refractivity contribution >= 4 is 12.3 Å². The fourth-order valence-electron chi connectivity index (χ4n) is 1.16. The second kappa shape index (κ2) is 4.47. The lowest BCUT2D eigenvalue weighted by Crippen LogP contribution is -2.24. The van der Waals surface area contributed by atoms with Gasteiger partial charge in [-0.05, 0) is 5.41 Å². The van der Waals surface area contributed by atoms with E-state index in [2.05, 4.69) is 15.0 Å². The Bertz CT molecular complexity index is 440. The summed E-state index contributed by atoms with van der Waals surface area (Å²) in [4.78, 5) is 24.3. The average molecular weight is 222 g/mol. The molecule has 0 aliphatic carbocycles. The first-order valence-electron chi connectivity index (χ1n) is 5.11. The van der Waals surface area contributed by atoms with E-state index in [0.717, 1.165) is 0 Å². The number of aliphatic imine (C=N–C) groups is 1. The van der Waals surface area contributed by atoms with Crippen LogP contribution in [0, 0.1) is 0 Å². The van der Waals surface area contributed by atoms with Gasteiger partial charge in [-0.2, -0.15) is 0 Å². The van der Waals surface area contributed by atoms with Crippen LogP contribution in [-0.4, -0.2) is 35.3 Å². The van der Waals surface area contributed by atoms with E-state index in [0.29, 0.717) is 11.5 Å². The van der Waals surface area contributed by atoms with Crippen molar-refractivity contribution in [2.24, 2.45) is 4.99 Å². The Kier molecular flexibility index (Phi) is 3.47. The van der Waals surface area contributed by atoms with Crippen molar-refractivity contribution in [1.82, 2.24) is 14.9 Å². The van der Waals surface area contributed by atoms with Gasteiger partial charge in [0.2, 0.25) is 5.95 Å². The molecular formula is C11H18N4O. The molecule has 5 heteroatoms. The Morgan fingerprint density at radius 3 is 2.50 bits per heavy atom. The van der Waals surface area contributed by atoms with Crippen LogP contribution in [-0.2, 0) is 5.41 Å². The van der Waals surface area contributed by atoms with Gasteiger partial charge in [0.05, 0.1) is 6.34 Å². The van der Waals surface area contributed by atoms with Gasteiger partial charge < -0.3 is 4.90 Å². The fraction of sp³-hybridized carbons (Fsp3) is 0.545. The Morgan fingerprint density at radius 2 is 2.06 bits per heavy atom. The highest BCUT2D eigenvalue weighted by Crippen LogP contribution is 2.17. The molecule has 1 aromatic rings. The third-order valence-corrected chi connectivity index (χ3v) is 2.00. The minimum Gasteiger partial charge on any atom is -0.369 e. The third-order valence-electron chi connectivity index (χ3n) is 2.00. The number of hydrogen-bond donors (Lipinski definition) is 1. The molecule has 0 aromatic carbocycles. The molecule has 16 heavy (non-hydrogen) atoms. The van der Waals surface area contributed by atoms with E-state index < -0.39 is 0 Å². The lowest BCUT2D eigenvalue weighted by Gasteiger charge is -2.16. The fourth-order valence-corrected chi connectivity index (χ4v) is 1.16. The van der Waals surface area contributed by atoms with Gasteiger partial charge >= 0.3 is 0 Å². The normalized spacial score (nSPS) is 12.1. The zero-order chi connectivity index (χ0) is 12.3. The van der Waals surface area contributed by atoms with E-state index in [-0.39, 0.29) is 11.0 Å². The minimum atomic E-state index is -0.204. The summed E-state index contributed by atoms with van der Waals surface area (Å²) >= 11 is 0. The van der Waals surface area contributed by atoms with Gasteiger partial charge in [-0.15, -0.1) is 0 Å². The maximum absolute atomic E-state index is 11.7. The third kappa shape index (κ3) is 3.18. The van der Waals surface area contributed by atoms with Gasteiger partial charge in [-0.1, -0.05) is 20.8 Å². The van der Waals surface area contributed by atoms with Crippen LogP contribution in [0.15, 0.2) is 16.0 Å². The van der Waals surface area contributed by atoms with Crippen LogP contribution >= 0.6 is 0 Å². The van der Waals surface area contributed by atoms with Gasteiger partial charge in [0.1, 0.15) is 0 Å². The standard InChI is InChI=1S/C11H18N4O/c1-11(2,3)8-6-12-10(14-9(8)16)13-7-15(4)5/h6-7H,1-5H3,(H,12,14,16)/b13-7+. The molecular weight excluding hydrogens is 204 g/mol. The summed E-state index contributed by atoms with van der Waals surface area (Å²) in [6.07, 6.45) is 3.18. The molecule has 0 amide bonds. The summed E-state index contributed by atoms with van der Waals surface area (Å²) < 4.78 is 0. The summed E-state index contributed by atoms with van der Waals surface area (Å²) in [6, 6.07) is 0. The van der Waals surface area contributed by atoms with Gasteiger partial charge in [0, 0.05) is 25.9 Å². The summed E-state index contributed by atoms with van der Waals surface area (Å²) in [5.74, 6) is 0.326. The average Bonchev–Trinajstić information content (AvgIpc) is 2.12. The van der Waals surface area contributed by atoms with Crippen molar-refractivity contribution in [3.8, 4) is 0 Å². The van der Waals surface area contributed by atoms with Crippen LogP contribution in [0.3, 0.4) is 0 Å². The Morgan fingerprint density at radius 1 is 1.44 bits per heavy atom. The van der Waals surface area contributed by atoms with Gasteiger partial charge in [-0.25, -0.2) is 9.98 Å². The monoisotopic (exact) mass is 222 g/mol. The predicted molar refractivity (Wildman–Crippen MR) is 65.4 cm³/mol. The molecule has 88 valence electrons. The minimum absolute atomic E-state index is 0.131. The van der Waals surface area contributed by atoms with E-state index in [1.165, 1.54) is 0 Å². The van der Waals surface area contributed by atoms with Gasteiger partial charge in [-0.3, -0.25) is 9.78 Å². The molecule has 0 aliphatic heterocycles. The van der Waals surface area contributed by atoms with E-state index in [4.69, 9.17) is 0 Å². The lowest BCUT2D eigenvalue weighted by molar-refractivity contribution is 0.578. The highest BCUT2D eigenvalue weighted by molar-refractivity contribution is 5.57. The Balaban J connectivity index is 3.06. The quantitative estimate of drug-likeness (QED) is 0.606. The highest BCUT2D eigenvalue weighted by Gasteiger charge is 2.18. The molecule has 0 saturated heterocycles. The second-order valence-corrected chi connectivity index (χ2v) is 4.91. The smallest absolute Gasteiger partial charge is 0.256 e. The van der Waals surface area contributed by atoms with Gasteiger partial charge in [0.25, 0.3) is 5.56 Å². The summed E-state index contributed by atoms with van der Waals surface area (Å²) in [7, 11) is 3.70. The molecule has 0 unspecified atom stereocenters. The number of H-pyrrole nitrogens is 1. The summed E-state index contributed by atoms with van der Waals surface area (Å²) in [6.45, 7) is 5.92. The Hall–Kier alpha value is -1.65. The number of rotatable bonds is 2. The van der Waals surface area contributed by atoms with Gasteiger partial charge in [0.15, 0.2) is 0 Å². The van der Waals surface area contributed by atoms with Crippen molar-refractivity contribution in [3.05, 3.63) is 22.1 Å². The Labute approximate surface area is 95.2 Å². The SMILES string of the molecule is CN(C)/C=N/c1ncc(C(C)(C)C)c(=O)[nH]1. The van der Waals surface area contributed by atoms with Crippen molar-refractivity contribution in [2.45, 2.75) is 26.2 Å². The van der Waals surface area contributed by atoms with Crippen molar-refractivity contribution < 1.29 is 0 Å². The first kappa shape index (κ1) is 12.4. The largest absolute Gasteiger partial charge is 0.369 e. The predicted octanol–water partition coefficient (Wildman–Crippen LogP) is 1.29. The molecule has 0 radical (unpaired) electrons. The molecule has 5 nitrogen and oxygen atoms in total. The van der Waals surface area contributed by atoms with Crippen LogP contribution in [0.4, 0.5) is 5.95 Å². The number of aromatic amines is 1. The van der Waals surface area contributed by atoms with E-state index in [9.17, 15) is 4.79 Å². The molecule has 1 rings (SSSR count). The van der Waals surface area contributed by atoms with Crippen LogP contribution in [0.25, 0.3) is 0 Å². The van der Waals surface area contributed by atoms with Crippen LogP contribution in [0.2, 0.25) is 0 Å². The molecule has 0 atom stereocenters. The highest BCUT2D eigenvalue weighted by atomic mass is 16.1. The molecule has 0 saturated carbocycles. The summed E-state index contributed by atoms with van der Waals surface area (Å²) in [5, 5.41) is 0. The topological polar surface area (TPSA) is 61.4 Å². The van der Waals surface area contributed by atoms with Crippen molar-refractivity contribution in [1.29, 1.82) is 0 Å². The van der Waals surface area contributed by atoms with E-state index in [1.807, 2.05) is 34.9 Å². The van der Waals surface area contributed by atoms with Crippen molar-refractivity contribution in [2.75, 3.05) is 14.1 Å².